The van der Waals surface area contributed by atoms with E-state index in [2.05, 4.69) is 25.6 Å². The van der Waals surface area contributed by atoms with Crippen LogP contribution in [0.25, 0.3) is 0 Å². The number of rotatable bonds is 4. The molecule has 1 atom stereocenters. The van der Waals surface area contributed by atoms with Crippen molar-refractivity contribution in [2.75, 3.05) is 18.9 Å². The SMILES string of the molecule is Nc1ncc(Br)cc1S(=O)(=O)NCC1CCCCO1. The van der Waals surface area contributed by atoms with Gasteiger partial charge in [-0.25, -0.2) is 18.1 Å². The van der Waals surface area contributed by atoms with Crippen molar-refractivity contribution in [1.29, 1.82) is 0 Å². The molecule has 106 valence electrons. The van der Waals surface area contributed by atoms with Gasteiger partial charge in [0.2, 0.25) is 10.0 Å². The van der Waals surface area contributed by atoms with Gasteiger partial charge < -0.3 is 10.5 Å². The molecule has 0 aliphatic carbocycles. The van der Waals surface area contributed by atoms with Gasteiger partial charge in [-0.05, 0) is 41.3 Å². The van der Waals surface area contributed by atoms with E-state index in [1.54, 1.807) is 0 Å². The lowest BCUT2D eigenvalue weighted by atomic mass is 10.1. The van der Waals surface area contributed by atoms with Crippen LogP contribution in [0, 0.1) is 0 Å². The van der Waals surface area contributed by atoms with Crippen LogP contribution in [-0.2, 0) is 14.8 Å². The normalized spacial score (nSPS) is 20.4. The van der Waals surface area contributed by atoms with Gasteiger partial charge in [-0.2, -0.15) is 0 Å². The maximum atomic E-state index is 12.1. The molecule has 0 radical (unpaired) electrons. The molecule has 0 saturated carbocycles. The lowest BCUT2D eigenvalue weighted by molar-refractivity contribution is 0.0200. The van der Waals surface area contributed by atoms with Gasteiger partial charge >= 0.3 is 0 Å². The van der Waals surface area contributed by atoms with E-state index in [9.17, 15) is 8.42 Å². The molecule has 0 aromatic carbocycles. The Balaban J connectivity index is 2.07. The van der Waals surface area contributed by atoms with E-state index in [1.807, 2.05) is 0 Å². The van der Waals surface area contributed by atoms with Crippen molar-refractivity contribution in [3.05, 3.63) is 16.7 Å². The smallest absolute Gasteiger partial charge is 0.244 e. The predicted octanol–water partition coefficient (Wildman–Crippen LogP) is 1.27. The summed E-state index contributed by atoms with van der Waals surface area (Å²) < 4.78 is 32.8. The first-order valence-electron chi connectivity index (χ1n) is 6.01. The first kappa shape index (κ1) is 14.7. The Hall–Kier alpha value is -0.700. The highest BCUT2D eigenvalue weighted by atomic mass is 79.9. The molecule has 1 saturated heterocycles. The summed E-state index contributed by atoms with van der Waals surface area (Å²) in [5.74, 6) is -0.0136. The standard InChI is InChI=1S/C11H16BrN3O3S/c12-8-5-10(11(13)14-6-8)19(16,17)15-7-9-3-1-2-4-18-9/h5-6,9,15H,1-4,7H2,(H2,13,14). The van der Waals surface area contributed by atoms with Crippen molar-refractivity contribution in [3.8, 4) is 0 Å². The van der Waals surface area contributed by atoms with Gasteiger partial charge in [-0.3, -0.25) is 0 Å². The molecule has 1 fully saturated rings. The lowest BCUT2D eigenvalue weighted by Crippen LogP contribution is -2.35. The second kappa shape index (κ2) is 6.17. The minimum atomic E-state index is -3.66. The zero-order valence-electron chi connectivity index (χ0n) is 10.3. The number of nitrogens with two attached hydrogens (primary N) is 1. The topological polar surface area (TPSA) is 94.3 Å². The molecule has 2 heterocycles. The monoisotopic (exact) mass is 349 g/mol. The fraction of sp³-hybridized carbons (Fsp3) is 0.545. The van der Waals surface area contributed by atoms with E-state index in [1.165, 1.54) is 12.3 Å². The number of aromatic nitrogens is 1. The average Bonchev–Trinajstić information content (AvgIpc) is 2.40. The molecule has 1 aliphatic heterocycles. The first-order valence-corrected chi connectivity index (χ1v) is 8.29. The molecule has 1 unspecified atom stereocenters. The maximum Gasteiger partial charge on any atom is 0.244 e. The molecule has 8 heteroatoms. The number of nitrogens with one attached hydrogen (secondary N) is 1. The third kappa shape index (κ3) is 3.88. The van der Waals surface area contributed by atoms with Crippen LogP contribution >= 0.6 is 15.9 Å². The number of hydrogen-bond acceptors (Lipinski definition) is 5. The molecule has 0 bridgehead atoms. The number of halogens is 1. The highest BCUT2D eigenvalue weighted by Gasteiger charge is 2.21. The number of ether oxygens (including phenoxy) is 1. The molecule has 1 aliphatic rings. The first-order chi connectivity index (χ1) is 8.99. The van der Waals surface area contributed by atoms with Gasteiger partial charge in [0.15, 0.2) is 0 Å². The largest absolute Gasteiger partial charge is 0.383 e. The Kier molecular flexibility index (Phi) is 4.77. The molecular formula is C11H16BrN3O3S. The molecule has 6 nitrogen and oxygen atoms in total. The Morgan fingerprint density at radius 3 is 3.00 bits per heavy atom. The van der Waals surface area contributed by atoms with Gasteiger partial charge in [0.25, 0.3) is 0 Å². The van der Waals surface area contributed by atoms with Crippen LogP contribution in [0.2, 0.25) is 0 Å². The molecule has 1 aromatic rings. The van der Waals surface area contributed by atoms with Crippen LogP contribution < -0.4 is 10.5 Å². The number of sulfonamides is 1. The van der Waals surface area contributed by atoms with Crippen LogP contribution in [0.5, 0.6) is 0 Å². The van der Waals surface area contributed by atoms with E-state index < -0.39 is 10.0 Å². The predicted molar refractivity (Wildman–Crippen MR) is 75.1 cm³/mol. The summed E-state index contributed by atoms with van der Waals surface area (Å²) >= 11 is 3.18. The van der Waals surface area contributed by atoms with Gasteiger partial charge in [-0.15, -0.1) is 0 Å². The van der Waals surface area contributed by atoms with E-state index in [0.29, 0.717) is 11.1 Å². The Bertz CT molecular complexity index is 544. The quantitative estimate of drug-likeness (QED) is 0.853. The van der Waals surface area contributed by atoms with E-state index in [4.69, 9.17) is 10.5 Å². The fourth-order valence-corrected chi connectivity index (χ4v) is 3.55. The summed E-state index contributed by atoms with van der Waals surface area (Å²) in [6.45, 7) is 0.946. The Morgan fingerprint density at radius 1 is 1.53 bits per heavy atom. The zero-order chi connectivity index (χ0) is 13.9. The summed E-state index contributed by atoms with van der Waals surface area (Å²) in [5.41, 5.74) is 5.60. The van der Waals surface area contributed by atoms with Crippen molar-refractivity contribution >= 4 is 31.8 Å². The van der Waals surface area contributed by atoms with Crippen molar-refractivity contribution in [3.63, 3.8) is 0 Å². The van der Waals surface area contributed by atoms with Crippen molar-refractivity contribution in [2.45, 2.75) is 30.3 Å². The summed E-state index contributed by atoms with van der Waals surface area (Å²) in [4.78, 5) is 3.80. The Labute approximate surface area is 120 Å². The Morgan fingerprint density at radius 2 is 2.32 bits per heavy atom. The minimum absolute atomic E-state index is 0.0136. The van der Waals surface area contributed by atoms with E-state index >= 15 is 0 Å². The van der Waals surface area contributed by atoms with Crippen LogP contribution in [-0.4, -0.2) is 32.7 Å². The third-order valence-corrected chi connectivity index (χ3v) is 4.80. The van der Waals surface area contributed by atoms with E-state index in [0.717, 1.165) is 19.3 Å². The number of nitrogens with zero attached hydrogens (tertiary/aromatic N) is 1. The lowest BCUT2D eigenvalue weighted by Gasteiger charge is -2.22. The molecule has 19 heavy (non-hydrogen) atoms. The summed E-state index contributed by atoms with van der Waals surface area (Å²) in [6, 6.07) is 1.44. The maximum absolute atomic E-state index is 12.1. The highest BCUT2D eigenvalue weighted by Crippen LogP contribution is 2.20. The highest BCUT2D eigenvalue weighted by molar-refractivity contribution is 9.10. The number of anilines is 1. The van der Waals surface area contributed by atoms with Crippen LogP contribution in [0.3, 0.4) is 0 Å². The molecular weight excluding hydrogens is 334 g/mol. The average molecular weight is 350 g/mol. The molecule has 2 rings (SSSR count). The summed E-state index contributed by atoms with van der Waals surface area (Å²) in [7, 11) is -3.66. The van der Waals surface area contributed by atoms with Crippen molar-refractivity contribution in [2.24, 2.45) is 0 Å². The molecule has 0 amide bonds. The third-order valence-electron chi connectivity index (χ3n) is 2.91. The van der Waals surface area contributed by atoms with Crippen LogP contribution in [0.15, 0.2) is 21.6 Å². The molecule has 0 spiro atoms. The fourth-order valence-electron chi connectivity index (χ4n) is 1.90. The van der Waals surface area contributed by atoms with Crippen LogP contribution in [0.1, 0.15) is 19.3 Å². The van der Waals surface area contributed by atoms with E-state index in [-0.39, 0.29) is 23.4 Å². The van der Waals surface area contributed by atoms with Gasteiger partial charge in [-0.1, -0.05) is 0 Å². The number of hydrogen-bond donors (Lipinski definition) is 2. The number of pyridine rings is 1. The van der Waals surface area contributed by atoms with Crippen molar-refractivity contribution in [1.82, 2.24) is 9.71 Å². The van der Waals surface area contributed by atoms with Crippen LogP contribution in [0.4, 0.5) is 5.82 Å². The molecule has 1 aromatic heterocycles. The zero-order valence-corrected chi connectivity index (χ0v) is 12.7. The van der Waals surface area contributed by atoms with Crippen molar-refractivity contribution < 1.29 is 13.2 Å². The number of nitrogen functional groups attached to an aromatic ring is 1. The summed E-state index contributed by atoms with van der Waals surface area (Å²) in [5, 5.41) is 0. The van der Waals surface area contributed by atoms with Gasteiger partial charge in [0.05, 0.1) is 6.10 Å². The second-order valence-corrected chi connectivity index (χ2v) is 7.03. The minimum Gasteiger partial charge on any atom is -0.383 e. The summed E-state index contributed by atoms with van der Waals surface area (Å²) in [6.07, 6.45) is 4.36. The molecule has 3 N–H and O–H groups in total. The second-order valence-electron chi connectivity index (χ2n) is 4.38. The van der Waals surface area contributed by atoms with Gasteiger partial charge in [0, 0.05) is 23.8 Å². The van der Waals surface area contributed by atoms with Gasteiger partial charge in [0.1, 0.15) is 10.7 Å².